The SMILES string of the molecule is O=C(O)C(F)(F)F.O=C([C@@H]1C[C@@H]2CCN(Cc3ccccc3F)C[C@H]2O1)N1CCCC1. The fraction of sp³-hybridized carbons (Fsp3) is 0.619. The van der Waals surface area contributed by atoms with Crippen molar-refractivity contribution < 1.29 is 37.0 Å². The van der Waals surface area contributed by atoms with Gasteiger partial charge in [-0.3, -0.25) is 9.69 Å². The van der Waals surface area contributed by atoms with Crippen LogP contribution in [0, 0.1) is 11.7 Å². The van der Waals surface area contributed by atoms with E-state index in [-0.39, 0.29) is 23.9 Å². The predicted octanol–water partition coefficient (Wildman–Crippen LogP) is 3.06. The summed E-state index contributed by atoms with van der Waals surface area (Å²) in [5.74, 6) is -2.25. The van der Waals surface area contributed by atoms with E-state index in [9.17, 15) is 22.4 Å². The number of alkyl halides is 3. The second kappa shape index (κ2) is 9.95. The number of aliphatic carboxylic acids is 1. The van der Waals surface area contributed by atoms with Crippen LogP contribution in [0.5, 0.6) is 0 Å². The lowest BCUT2D eigenvalue weighted by Crippen LogP contribution is -2.42. The molecule has 0 aromatic heterocycles. The van der Waals surface area contributed by atoms with Gasteiger partial charge in [0.25, 0.3) is 5.91 Å². The number of amides is 1. The third kappa shape index (κ3) is 6.16. The Balaban J connectivity index is 0.000000339. The van der Waals surface area contributed by atoms with Crippen molar-refractivity contribution in [3.8, 4) is 0 Å². The zero-order valence-corrected chi connectivity index (χ0v) is 17.0. The molecule has 1 amide bonds. The number of benzene rings is 1. The molecular formula is C21H26F4N2O4. The lowest BCUT2D eigenvalue weighted by molar-refractivity contribution is -0.192. The normalized spacial score (nSPS) is 26.2. The molecule has 0 unspecified atom stereocenters. The summed E-state index contributed by atoms with van der Waals surface area (Å²) in [6, 6.07) is 6.96. The van der Waals surface area contributed by atoms with Gasteiger partial charge in [0.15, 0.2) is 0 Å². The van der Waals surface area contributed by atoms with E-state index in [0.29, 0.717) is 12.5 Å². The lowest BCUT2D eigenvalue weighted by atomic mass is 9.91. The van der Waals surface area contributed by atoms with Crippen LogP contribution < -0.4 is 0 Å². The van der Waals surface area contributed by atoms with Crippen molar-refractivity contribution in [1.82, 2.24) is 9.80 Å². The molecule has 10 heteroatoms. The third-order valence-electron chi connectivity index (χ3n) is 5.92. The molecule has 3 fully saturated rings. The van der Waals surface area contributed by atoms with Gasteiger partial charge in [-0.05, 0) is 44.2 Å². The third-order valence-corrected chi connectivity index (χ3v) is 5.92. The molecule has 3 aliphatic rings. The van der Waals surface area contributed by atoms with E-state index in [1.54, 1.807) is 6.07 Å². The predicted molar refractivity (Wildman–Crippen MR) is 103 cm³/mol. The van der Waals surface area contributed by atoms with Crippen molar-refractivity contribution in [3.05, 3.63) is 35.6 Å². The van der Waals surface area contributed by atoms with Crippen LogP contribution in [0.15, 0.2) is 24.3 Å². The van der Waals surface area contributed by atoms with Crippen molar-refractivity contribution in [2.45, 2.75) is 50.6 Å². The zero-order chi connectivity index (χ0) is 22.6. The molecule has 3 saturated heterocycles. The molecule has 0 spiro atoms. The maximum Gasteiger partial charge on any atom is 0.490 e. The van der Waals surface area contributed by atoms with Gasteiger partial charge in [0.05, 0.1) is 6.10 Å². The molecule has 1 aromatic carbocycles. The van der Waals surface area contributed by atoms with Gasteiger partial charge >= 0.3 is 12.1 Å². The van der Waals surface area contributed by atoms with Gasteiger partial charge in [0.2, 0.25) is 0 Å². The standard InChI is InChI=1S/C19H25FN2O2.C2HF3O2/c20-16-6-2-1-5-15(16)12-21-10-7-14-11-17(24-18(14)13-21)19(23)22-8-3-4-9-22;3-2(4,5)1(6)7/h1-2,5-6,14,17-18H,3-4,7-13H2;(H,6,7)/t14-,17-,18+;/m0./s1. The van der Waals surface area contributed by atoms with E-state index in [0.717, 1.165) is 57.4 Å². The van der Waals surface area contributed by atoms with Crippen molar-refractivity contribution >= 4 is 11.9 Å². The highest BCUT2D eigenvalue weighted by molar-refractivity contribution is 5.81. The van der Waals surface area contributed by atoms with Crippen molar-refractivity contribution in [2.24, 2.45) is 5.92 Å². The first-order chi connectivity index (χ1) is 14.6. The Morgan fingerprint density at radius 2 is 1.77 bits per heavy atom. The summed E-state index contributed by atoms with van der Waals surface area (Å²) >= 11 is 0. The van der Waals surface area contributed by atoms with Crippen LogP contribution >= 0.6 is 0 Å². The zero-order valence-electron chi connectivity index (χ0n) is 17.0. The molecule has 1 aromatic rings. The van der Waals surface area contributed by atoms with Gasteiger partial charge in [-0.2, -0.15) is 13.2 Å². The molecule has 0 saturated carbocycles. The molecule has 1 N–H and O–H groups in total. The van der Waals surface area contributed by atoms with Crippen LogP contribution in [0.2, 0.25) is 0 Å². The summed E-state index contributed by atoms with van der Waals surface area (Å²) in [7, 11) is 0. The first-order valence-corrected chi connectivity index (χ1v) is 10.3. The molecule has 0 radical (unpaired) electrons. The Morgan fingerprint density at radius 1 is 1.13 bits per heavy atom. The maximum absolute atomic E-state index is 13.8. The van der Waals surface area contributed by atoms with Crippen LogP contribution in [-0.4, -0.2) is 71.3 Å². The number of likely N-dealkylation sites (tertiary alicyclic amines) is 2. The molecular weight excluding hydrogens is 420 g/mol. The number of rotatable bonds is 3. The number of fused-ring (bicyclic) bond motifs is 1. The fourth-order valence-electron chi connectivity index (χ4n) is 4.31. The van der Waals surface area contributed by atoms with Gasteiger partial charge in [0.1, 0.15) is 11.9 Å². The van der Waals surface area contributed by atoms with Crippen molar-refractivity contribution in [3.63, 3.8) is 0 Å². The Morgan fingerprint density at radius 3 is 2.39 bits per heavy atom. The number of piperidine rings is 1. The Kier molecular flexibility index (Phi) is 7.53. The number of nitrogens with zero attached hydrogens (tertiary/aromatic N) is 2. The summed E-state index contributed by atoms with van der Waals surface area (Å²) in [5, 5.41) is 7.12. The van der Waals surface area contributed by atoms with E-state index in [1.807, 2.05) is 17.0 Å². The molecule has 3 aliphatic heterocycles. The highest BCUT2D eigenvalue weighted by atomic mass is 19.4. The lowest BCUT2D eigenvalue weighted by Gasteiger charge is -2.34. The first-order valence-electron chi connectivity index (χ1n) is 10.3. The molecule has 4 rings (SSSR count). The molecule has 6 nitrogen and oxygen atoms in total. The van der Waals surface area contributed by atoms with Gasteiger partial charge in [-0.15, -0.1) is 0 Å². The maximum atomic E-state index is 13.8. The topological polar surface area (TPSA) is 70.1 Å². The second-order valence-corrected chi connectivity index (χ2v) is 8.11. The minimum absolute atomic E-state index is 0.113. The van der Waals surface area contributed by atoms with E-state index in [4.69, 9.17) is 14.6 Å². The highest BCUT2D eigenvalue weighted by Gasteiger charge is 2.43. The number of carboxylic acids is 1. The van der Waals surface area contributed by atoms with Gasteiger partial charge in [0, 0.05) is 31.7 Å². The van der Waals surface area contributed by atoms with Crippen LogP contribution in [0.25, 0.3) is 0 Å². The molecule has 172 valence electrons. The van der Waals surface area contributed by atoms with Gasteiger partial charge in [-0.25, -0.2) is 9.18 Å². The van der Waals surface area contributed by atoms with Crippen LogP contribution in [0.4, 0.5) is 17.6 Å². The minimum Gasteiger partial charge on any atom is -0.475 e. The summed E-state index contributed by atoms with van der Waals surface area (Å²) in [6.07, 6.45) is -1.12. The second-order valence-electron chi connectivity index (χ2n) is 8.11. The number of carbonyl (C=O) groups excluding carboxylic acids is 1. The number of ether oxygens (including phenoxy) is 1. The molecule has 3 atom stereocenters. The van der Waals surface area contributed by atoms with E-state index >= 15 is 0 Å². The van der Waals surface area contributed by atoms with Crippen molar-refractivity contribution in [2.75, 3.05) is 26.2 Å². The van der Waals surface area contributed by atoms with E-state index in [1.165, 1.54) is 6.07 Å². The first kappa shape index (κ1) is 23.5. The van der Waals surface area contributed by atoms with Crippen LogP contribution in [-0.2, 0) is 20.9 Å². The average Bonchev–Trinajstić information content (AvgIpc) is 3.38. The summed E-state index contributed by atoms with van der Waals surface area (Å²) in [6.45, 7) is 4.12. The number of hydrogen-bond donors (Lipinski definition) is 1. The monoisotopic (exact) mass is 446 g/mol. The fourth-order valence-corrected chi connectivity index (χ4v) is 4.31. The summed E-state index contributed by atoms with van der Waals surface area (Å²) in [4.78, 5) is 25.7. The summed E-state index contributed by atoms with van der Waals surface area (Å²) < 4.78 is 51.7. The molecule has 0 bridgehead atoms. The van der Waals surface area contributed by atoms with Crippen LogP contribution in [0.3, 0.4) is 0 Å². The largest absolute Gasteiger partial charge is 0.490 e. The number of halogens is 4. The number of hydrogen-bond acceptors (Lipinski definition) is 4. The molecule has 3 heterocycles. The summed E-state index contributed by atoms with van der Waals surface area (Å²) in [5.41, 5.74) is 0.735. The highest BCUT2D eigenvalue weighted by Crippen LogP contribution is 2.35. The Hall–Kier alpha value is -2.20. The molecule has 31 heavy (non-hydrogen) atoms. The smallest absolute Gasteiger partial charge is 0.475 e. The van der Waals surface area contributed by atoms with Crippen LogP contribution in [0.1, 0.15) is 31.2 Å². The quantitative estimate of drug-likeness (QED) is 0.723. The van der Waals surface area contributed by atoms with Crippen molar-refractivity contribution in [1.29, 1.82) is 0 Å². The van der Waals surface area contributed by atoms with Gasteiger partial charge < -0.3 is 14.7 Å². The Bertz CT molecular complexity index is 783. The van der Waals surface area contributed by atoms with E-state index in [2.05, 4.69) is 4.90 Å². The Labute approximate surface area is 177 Å². The number of carbonyl (C=O) groups is 2. The van der Waals surface area contributed by atoms with Gasteiger partial charge in [-0.1, -0.05) is 18.2 Å². The average molecular weight is 446 g/mol. The number of carboxylic acid groups (broad SMARTS) is 1. The van der Waals surface area contributed by atoms with E-state index < -0.39 is 12.1 Å². The molecule has 0 aliphatic carbocycles. The minimum atomic E-state index is -5.08.